The number of piperidine rings is 1. The molecule has 2 fully saturated rings. The Kier molecular flexibility index (Phi) is 2.43. The topological polar surface area (TPSA) is 20.3 Å². The summed E-state index contributed by atoms with van der Waals surface area (Å²) in [6.07, 6.45) is 4.14. The maximum atomic E-state index is 11.6. The largest absolute Gasteiger partial charge is 0.340 e. The van der Waals surface area contributed by atoms with Crippen LogP contribution < -0.4 is 0 Å². The van der Waals surface area contributed by atoms with E-state index >= 15 is 0 Å². The molecule has 0 unspecified atom stereocenters. The molecular formula is C14H17NO. The lowest BCUT2D eigenvalue weighted by Gasteiger charge is -2.35. The van der Waals surface area contributed by atoms with Gasteiger partial charge in [0.25, 0.3) is 0 Å². The van der Waals surface area contributed by atoms with Gasteiger partial charge in [-0.05, 0) is 30.7 Å². The van der Waals surface area contributed by atoms with Crippen LogP contribution in [0.25, 0.3) is 0 Å². The van der Waals surface area contributed by atoms with Gasteiger partial charge in [0.05, 0.1) is 0 Å². The lowest BCUT2D eigenvalue weighted by molar-refractivity contribution is -0.129. The average molecular weight is 215 g/mol. The summed E-state index contributed by atoms with van der Waals surface area (Å²) in [7, 11) is 0. The van der Waals surface area contributed by atoms with E-state index in [-0.39, 0.29) is 0 Å². The smallest absolute Gasteiger partial charge is 0.222 e. The summed E-state index contributed by atoms with van der Waals surface area (Å²) >= 11 is 0. The molecule has 0 aliphatic carbocycles. The standard InChI is InChI=1S/C14H17NO/c16-14-7-6-13-10-12(8-9-15(13)14)11-4-2-1-3-5-11/h1-5,12-13H,6-10H2/t12-,13-/m0/s1. The summed E-state index contributed by atoms with van der Waals surface area (Å²) in [5, 5.41) is 0. The Morgan fingerprint density at radius 3 is 2.75 bits per heavy atom. The molecule has 2 heterocycles. The number of fused-ring (bicyclic) bond motifs is 1. The number of amides is 1. The lowest BCUT2D eigenvalue weighted by atomic mass is 9.85. The van der Waals surface area contributed by atoms with Crippen LogP contribution in [-0.4, -0.2) is 23.4 Å². The summed E-state index contributed by atoms with van der Waals surface area (Å²) in [5.41, 5.74) is 1.45. The molecular weight excluding hydrogens is 198 g/mol. The van der Waals surface area contributed by atoms with E-state index in [9.17, 15) is 4.79 Å². The summed E-state index contributed by atoms with van der Waals surface area (Å²) < 4.78 is 0. The van der Waals surface area contributed by atoms with Gasteiger partial charge in [-0.3, -0.25) is 4.79 Å². The van der Waals surface area contributed by atoms with Crippen LogP contribution in [0.5, 0.6) is 0 Å². The van der Waals surface area contributed by atoms with Crippen molar-refractivity contribution in [1.29, 1.82) is 0 Å². The van der Waals surface area contributed by atoms with Crippen molar-refractivity contribution in [2.24, 2.45) is 0 Å². The molecule has 2 heteroatoms. The number of rotatable bonds is 1. The highest BCUT2D eigenvalue weighted by Gasteiger charge is 2.36. The molecule has 0 bridgehead atoms. The predicted octanol–water partition coefficient (Wildman–Crippen LogP) is 2.56. The first-order chi connectivity index (χ1) is 7.84. The average Bonchev–Trinajstić information content (AvgIpc) is 2.72. The zero-order valence-electron chi connectivity index (χ0n) is 9.43. The Labute approximate surface area is 96.3 Å². The normalized spacial score (nSPS) is 29.2. The molecule has 0 spiro atoms. The monoisotopic (exact) mass is 215 g/mol. The van der Waals surface area contributed by atoms with Gasteiger partial charge >= 0.3 is 0 Å². The van der Waals surface area contributed by atoms with E-state index in [0.717, 1.165) is 32.2 Å². The molecule has 0 radical (unpaired) electrons. The van der Waals surface area contributed by atoms with Crippen molar-refractivity contribution < 1.29 is 4.79 Å². The quantitative estimate of drug-likeness (QED) is 0.705. The van der Waals surface area contributed by atoms with Gasteiger partial charge in [-0.15, -0.1) is 0 Å². The molecule has 2 aliphatic heterocycles. The summed E-state index contributed by atoms with van der Waals surface area (Å²) in [4.78, 5) is 13.7. The van der Waals surface area contributed by atoms with Crippen LogP contribution in [0.15, 0.2) is 30.3 Å². The van der Waals surface area contributed by atoms with Crippen molar-refractivity contribution in [3.63, 3.8) is 0 Å². The van der Waals surface area contributed by atoms with Crippen LogP contribution in [0.4, 0.5) is 0 Å². The Morgan fingerprint density at radius 2 is 1.94 bits per heavy atom. The molecule has 0 N–H and O–H groups in total. The first-order valence-electron chi connectivity index (χ1n) is 6.19. The third-order valence-corrected chi connectivity index (χ3v) is 4.00. The van der Waals surface area contributed by atoms with Gasteiger partial charge in [0, 0.05) is 19.0 Å². The summed E-state index contributed by atoms with van der Waals surface area (Å²) in [6, 6.07) is 11.3. The van der Waals surface area contributed by atoms with E-state index in [1.807, 2.05) is 0 Å². The fraction of sp³-hybridized carbons (Fsp3) is 0.500. The third kappa shape index (κ3) is 1.62. The van der Waals surface area contributed by atoms with E-state index < -0.39 is 0 Å². The van der Waals surface area contributed by atoms with Gasteiger partial charge in [0.1, 0.15) is 0 Å². The summed E-state index contributed by atoms with van der Waals surface area (Å²) in [6.45, 7) is 0.961. The third-order valence-electron chi connectivity index (χ3n) is 4.00. The van der Waals surface area contributed by atoms with Crippen molar-refractivity contribution in [2.75, 3.05) is 6.54 Å². The molecule has 2 atom stereocenters. The summed E-state index contributed by atoms with van der Waals surface area (Å²) in [5.74, 6) is 1.03. The number of carbonyl (C=O) groups is 1. The van der Waals surface area contributed by atoms with Gasteiger partial charge < -0.3 is 4.90 Å². The van der Waals surface area contributed by atoms with Crippen LogP contribution in [0.1, 0.15) is 37.2 Å². The van der Waals surface area contributed by atoms with Crippen LogP contribution in [0.3, 0.4) is 0 Å². The number of benzene rings is 1. The SMILES string of the molecule is O=C1CC[C@H]2C[C@@H](c3ccccc3)CCN12. The zero-order chi connectivity index (χ0) is 11.0. The Hall–Kier alpha value is -1.31. The number of hydrogen-bond donors (Lipinski definition) is 0. The molecule has 3 rings (SSSR count). The minimum absolute atomic E-state index is 0.372. The van der Waals surface area contributed by atoms with Crippen LogP contribution in [0.2, 0.25) is 0 Å². The van der Waals surface area contributed by atoms with Gasteiger partial charge in [-0.1, -0.05) is 30.3 Å². The highest BCUT2D eigenvalue weighted by molar-refractivity contribution is 5.78. The van der Waals surface area contributed by atoms with Gasteiger partial charge in [0.2, 0.25) is 5.91 Å². The zero-order valence-corrected chi connectivity index (χ0v) is 9.43. The first-order valence-corrected chi connectivity index (χ1v) is 6.19. The molecule has 1 aromatic rings. The highest BCUT2D eigenvalue weighted by Crippen LogP contribution is 2.36. The Balaban J connectivity index is 1.75. The van der Waals surface area contributed by atoms with Gasteiger partial charge in [-0.25, -0.2) is 0 Å². The fourth-order valence-electron chi connectivity index (χ4n) is 3.11. The van der Waals surface area contributed by atoms with Crippen LogP contribution in [-0.2, 0) is 4.79 Å². The predicted molar refractivity (Wildman–Crippen MR) is 63.2 cm³/mol. The Morgan fingerprint density at radius 1 is 1.12 bits per heavy atom. The van der Waals surface area contributed by atoms with E-state index in [1.54, 1.807) is 0 Å². The van der Waals surface area contributed by atoms with E-state index in [2.05, 4.69) is 35.2 Å². The number of carbonyl (C=O) groups excluding carboxylic acids is 1. The minimum Gasteiger partial charge on any atom is -0.340 e. The first kappa shape index (κ1) is 9.88. The molecule has 2 nitrogen and oxygen atoms in total. The van der Waals surface area contributed by atoms with Crippen LogP contribution in [0, 0.1) is 0 Å². The number of nitrogens with zero attached hydrogens (tertiary/aromatic N) is 1. The van der Waals surface area contributed by atoms with Gasteiger partial charge in [0.15, 0.2) is 0 Å². The van der Waals surface area contributed by atoms with Crippen molar-refractivity contribution >= 4 is 5.91 Å². The maximum absolute atomic E-state index is 11.6. The van der Waals surface area contributed by atoms with E-state index in [1.165, 1.54) is 5.56 Å². The van der Waals surface area contributed by atoms with Crippen molar-refractivity contribution in [3.05, 3.63) is 35.9 Å². The Bertz CT molecular complexity index is 387. The second-order valence-electron chi connectivity index (χ2n) is 4.91. The molecule has 2 aliphatic rings. The minimum atomic E-state index is 0.372. The second-order valence-corrected chi connectivity index (χ2v) is 4.91. The molecule has 1 aromatic carbocycles. The van der Waals surface area contributed by atoms with E-state index in [0.29, 0.717) is 17.9 Å². The lowest BCUT2D eigenvalue weighted by Crippen LogP contribution is -2.39. The molecule has 0 aromatic heterocycles. The van der Waals surface area contributed by atoms with E-state index in [4.69, 9.17) is 0 Å². The molecule has 2 saturated heterocycles. The fourth-order valence-corrected chi connectivity index (χ4v) is 3.11. The van der Waals surface area contributed by atoms with Crippen LogP contribution >= 0.6 is 0 Å². The second kappa shape index (κ2) is 3.93. The molecule has 0 saturated carbocycles. The van der Waals surface area contributed by atoms with Crippen molar-refractivity contribution in [3.8, 4) is 0 Å². The highest BCUT2D eigenvalue weighted by atomic mass is 16.2. The molecule has 16 heavy (non-hydrogen) atoms. The molecule has 84 valence electrons. The maximum Gasteiger partial charge on any atom is 0.222 e. The molecule has 1 amide bonds. The van der Waals surface area contributed by atoms with Crippen molar-refractivity contribution in [2.45, 2.75) is 37.6 Å². The number of hydrogen-bond acceptors (Lipinski definition) is 1. The van der Waals surface area contributed by atoms with Gasteiger partial charge in [-0.2, -0.15) is 0 Å². The van der Waals surface area contributed by atoms with Crippen molar-refractivity contribution in [1.82, 2.24) is 4.90 Å².